The normalized spacial score (nSPS) is 28.8. The van der Waals surface area contributed by atoms with Gasteiger partial charge in [0.25, 0.3) is 0 Å². The van der Waals surface area contributed by atoms with Crippen molar-refractivity contribution in [1.29, 1.82) is 0 Å². The summed E-state index contributed by atoms with van der Waals surface area (Å²) in [5.41, 5.74) is 0.233. The third-order valence-corrected chi connectivity index (χ3v) is 2.35. The predicted molar refractivity (Wildman–Crippen MR) is 39.5 cm³/mol. The van der Waals surface area contributed by atoms with Crippen molar-refractivity contribution in [1.82, 2.24) is 0 Å². The highest BCUT2D eigenvalue weighted by atomic mass is 19.1. The van der Waals surface area contributed by atoms with Crippen LogP contribution >= 0.6 is 0 Å². The lowest BCUT2D eigenvalue weighted by molar-refractivity contribution is 0.257. The lowest BCUT2D eigenvalue weighted by atomic mass is 10.1. The average Bonchev–Trinajstić information content (AvgIpc) is 2.89. The van der Waals surface area contributed by atoms with Gasteiger partial charge in [-0.2, -0.15) is 0 Å². The molecule has 1 aromatic carbocycles. The largest absolute Gasteiger partial charge is 0.487 e. The molecule has 0 N–H and O–H groups in total. The van der Waals surface area contributed by atoms with E-state index in [0.717, 1.165) is 12.1 Å². The second-order valence-electron chi connectivity index (χ2n) is 3.18. The predicted octanol–water partition coefficient (Wildman–Crippen LogP) is 1.80. The fourth-order valence-electron chi connectivity index (χ4n) is 1.65. The van der Waals surface area contributed by atoms with Crippen LogP contribution in [0.1, 0.15) is 11.7 Å². The van der Waals surface area contributed by atoms with Crippen molar-refractivity contribution < 1.29 is 18.3 Å². The van der Waals surface area contributed by atoms with Crippen LogP contribution in [0.5, 0.6) is 5.75 Å². The maximum atomic E-state index is 13.2. The standard InChI is InChI=1S/C9H6F2O2/c10-4-1-2-5(11)8-7(4)9-6(13-9)3-12-8/h1-2,6,9H,3H2. The Hall–Kier alpha value is -1.16. The Morgan fingerprint density at radius 2 is 2.00 bits per heavy atom. The summed E-state index contributed by atoms with van der Waals surface area (Å²) in [6, 6.07) is 2.17. The van der Waals surface area contributed by atoms with Crippen LogP contribution in [-0.4, -0.2) is 12.7 Å². The van der Waals surface area contributed by atoms with Crippen LogP contribution in [0.3, 0.4) is 0 Å². The Labute approximate surface area is 73.1 Å². The minimum absolute atomic E-state index is 0.0127. The minimum atomic E-state index is -0.523. The van der Waals surface area contributed by atoms with Crippen molar-refractivity contribution in [3.8, 4) is 5.75 Å². The topological polar surface area (TPSA) is 21.8 Å². The molecule has 2 heterocycles. The van der Waals surface area contributed by atoms with E-state index in [1.165, 1.54) is 0 Å². The third kappa shape index (κ3) is 0.891. The monoisotopic (exact) mass is 184 g/mol. The molecule has 1 aromatic rings. The zero-order valence-corrected chi connectivity index (χ0v) is 6.59. The zero-order valence-electron chi connectivity index (χ0n) is 6.59. The minimum Gasteiger partial charge on any atom is -0.487 e. The van der Waals surface area contributed by atoms with E-state index in [2.05, 4.69) is 0 Å². The molecule has 1 saturated heterocycles. The van der Waals surface area contributed by atoms with E-state index in [-0.39, 0.29) is 23.5 Å². The number of rotatable bonds is 0. The van der Waals surface area contributed by atoms with E-state index < -0.39 is 11.6 Å². The number of fused-ring (bicyclic) bond motifs is 3. The van der Waals surface area contributed by atoms with Gasteiger partial charge in [-0.3, -0.25) is 0 Å². The third-order valence-electron chi connectivity index (χ3n) is 2.35. The van der Waals surface area contributed by atoms with Crippen molar-refractivity contribution in [3.63, 3.8) is 0 Å². The summed E-state index contributed by atoms with van der Waals surface area (Å²) >= 11 is 0. The first-order valence-electron chi connectivity index (χ1n) is 4.03. The Balaban J connectivity index is 2.22. The van der Waals surface area contributed by atoms with Gasteiger partial charge in [0.1, 0.15) is 24.6 Å². The first kappa shape index (κ1) is 7.26. The summed E-state index contributed by atoms with van der Waals surface area (Å²) in [5.74, 6) is -0.965. The molecule has 1 fully saturated rings. The molecule has 0 radical (unpaired) electrons. The van der Waals surface area contributed by atoms with Crippen molar-refractivity contribution >= 4 is 0 Å². The number of hydrogen-bond acceptors (Lipinski definition) is 2. The van der Waals surface area contributed by atoms with Crippen LogP contribution in [-0.2, 0) is 4.74 Å². The van der Waals surface area contributed by atoms with Crippen LogP contribution in [0.25, 0.3) is 0 Å². The van der Waals surface area contributed by atoms with Gasteiger partial charge in [-0.25, -0.2) is 8.78 Å². The Morgan fingerprint density at radius 1 is 1.23 bits per heavy atom. The average molecular weight is 184 g/mol. The Morgan fingerprint density at radius 3 is 2.85 bits per heavy atom. The second-order valence-corrected chi connectivity index (χ2v) is 3.18. The number of benzene rings is 1. The maximum absolute atomic E-state index is 13.2. The van der Waals surface area contributed by atoms with Crippen molar-refractivity contribution in [2.45, 2.75) is 12.2 Å². The molecular formula is C9H6F2O2. The van der Waals surface area contributed by atoms with E-state index in [4.69, 9.17) is 9.47 Å². The summed E-state index contributed by atoms with van der Waals surface area (Å²) in [6.45, 7) is 0.318. The molecule has 0 spiro atoms. The fraction of sp³-hybridized carbons (Fsp3) is 0.333. The fourth-order valence-corrected chi connectivity index (χ4v) is 1.65. The highest BCUT2D eigenvalue weighted by Crippen LogP contribution is 2.48. The lowest BCUT2D eigenvalue weighted by Crippen LogP contribution is -2.14. The van der Waals surface area contributed by atoms with Gasteiger partial charge in [-0.1, -0.05) is 0 Å². The van der Waals surface area contributed by atoms with Crippen LogP contribution < -0.4 is 4.74 Å². The number of halogens is 2. The van der Waals surface area contributed by atoms with Gasteiger partial charge in [0.05, 0.1) is 5.56 Å². The van der Waals surface area contributed by atoms with Crippen molar-refractivity contribution in [2.24, 2.45) is 0 Å². The van der Waals surface area contributed by atoms with E-state index >= 15 is 0 Å². The Bertz CT molecular complexity index is 378. The van der Waals surface area contributed by atoms with Crippen molar-refractivity contribution in [2.75, 3.05) is 6.61 Å². The van der Waals surface area contributed by atoms with Gasteiger partial charge in [0, 0.05) is 0 Å². The molecule has 2 atom stereocenters. The summed E-state index contributed by atoms with van der Waals surface area (Å²) in [4.78, 5) is 0. The quantitative estimate of drug-likeness (QED) is 0.573. The second kappa shape index (κ2) is 2.20. The first-order valence-corrected chi connectivity index (χ1v) is 4.03. The summed E-state index contributed by atoms with van der Waals surface area (Å²) in [5, 5.41) is 0. The highest BCUT2D eigenvalue weighted by Gasteiger charge is 2.48. The Kier molecular flexibility index (Phi) is 1.23. The van der Waals surface area contributed by atoms with E-state index in [0.29, 0.717) is 6.61 Å². The number of hydrogen-bond donors (Lipinski definition) is 0. The van der Waals surface area contributed by atoms with Crippen LogP contribution in [0, 0.1) is 11.6 Å². The van der Waals surface area contributed by atoms with E-state index in [9.17, 15) is 8.78 Å². The van der Waals surface area contributed by atoms with Crippen molar-refractivity contribution in [3.05, 3.63) is 29.3 Å². The molecule has 4 heteroatoms. The highest BCUT2D eigenvalue weighted by molar-refractivity contribution is 5.42. The van der Waals surface area contributed by atoms with Crippen LogP contribution in [0.15, 0.2) is 12.1 Å². The van der Waals surface area contributed by atoms with Crippen LogP contribution in [0.2, 0.25) is 0 Å². The summed E-state index contributed by atoms with van der Waals surface area (Å²) in [7, 11) is 0. The molecule has 2 nitrogen and oxygen atoms in total. The molecular weight excluding hydrogens is 178 g/mol. The molecule has 2 aliphatic heterocycles. The molecule has 13 heavy (non-hydrogen) atoms. The zero-order chi connectivity index (χ0) is 9.00. The smallest absolute Gasteiger partial charge is 0.165 e. The first-order chi connectivity index (χ1) is 6.27. The number of epoxide rings is 1. The molecule has 0 bridgehead atoms. The van der Waals surface area contributed by atoms with Gasteiger partial charge >= 0.3 is 0 Å². The van der Waals surface area contributed by atoms with Gasteiger partial charge in [0.15, 0.2) is 11.6 Å². The molecule has 2 aliphatic rings. The summed E-state index contributed by atoms with van der Waals surface area (Å²) in [6.07, 6.45) is -0.372. The molecule has 0 aliphatic carbocycles. The molecule has 0 saturated carbocycles. The molecule has 2 unspecified atom stereocenters. The number of ether oxygens (including phenoxy) is 2. The molecule has 3 rings (SSSR count). The molecule has 0 aromatic heterocycles. The van der Waals surface area contributed by atoms with Gasteiger partial charge in [-0.15, -0.1) is 0 Å². The summed E-state index contributed by atoms with van der Waals surface area (Å²) < 4.78 is 36.5. The molecule has 0 amide bonds. The van der Waals surface area contributed by atoms with Gasteiger partial charge in [0.2, 0.25) is 0 Å². The van der Waals surface area contributed by atoms with Crippen LogP contribution in [0.4, 0.5) is 8.78 Å². The molecule has 68 valence electrons. The SMILES string of the molecule is Fc1ccc(F)c2c1OCC1OC21. The van der Waals surface area contributed by atoms with E-state index in [1.807, 2.05) is 0 Å². The van der Waals surface area contributed by atoms with Gasteiger partial charge < -0.3 is 9.47 Å². The van der Waals surface area contributed by atoms with E-state index in [1.54, 1.807) is 0 Å². The van der Waals surface area contributed by atoms with Gasteiger partial charge in [-0.05, 0) is 12.1 Å². The maximum Gasteiger partial charge on any atom is 0.165 e. The lowest BCUT2D eigenvalue weighted by Gasteiger charge is -2.14.